The Morgan fingerprint density at radius 1 is 0.773 bits per heavy atom. The van der Waals surface area contributed by atoms with E-state index in [1.165, 1.54) is 22.3 Å². The highest BCUT2D eigenvalue weighted by Gasteiger charge is 2.30. The number of halogens is 1. The minimum absolute atomic E-state index is 0.450. The Balaban J connectivity index is 1.74. The molecule has 0 saturated heterocycles. The lowest BCUT2D eigenvalue weighted by Gasteiger charge is -2.38. The van der Waals surface area contributed by atoms with Crippen molar-refractivity contribution in [2.45, 2.75) is 0 Å². The predicted octanol–water partition coefficient (Wildman–Crippen LogP) is 4.75. The van der Waals surface area contributed by atoms with Crippen LogP contribution in [-0.2, 0) is 0 Å². The first-order valence-electron chi connectivity index (χ1n) is 7.75. The maximum absolute atomic E-state index is 6.04. The molecule has 2 aliphatic rings. The van der Waals surface area contributed by atoms with Crippen molar-refractivity contribution in [3.8, 4) is 0 Å². The molecule has 0 N–H and O–H groups in total. The van der Waals surface area contributed by atoms with Gasteiger partial charge in [-0.25, -0.2) is 0 Å². The molecule has 0 fully saturated rings. The fourth-order valence-corrected chi connectivity index (χ4v) is 3.62. The fraction of sp³-hybridized carbons (Fsp3) is 0.200. The normalized spacial score (nSPS) is 23.7. The summed E-state index contributed by atoms with van der Waals surface area (Å²) in [6, 6.07) is 19.0. The van der Waals surface area contributed by atoms with E-state index in [0.717, 1.165) is 24.7 Å². The number of hydrogen-bond acceptors (Lipinski definition) is 1. The van der Waals surface area contributed by atoms with Gasteiger partial charge < -0.3 is 0 Å². The largest absolute Gasteiger partial charge is 0.295 e. The molecule has 0 aromatic heterocycles. The van der Waals surface area contributed by atoms with Gasteiger partial charge in [0.25, 0.3) is 0 Å². The lowest BCUT2D eigenvalue weighted by molar-refractivity contribution is 0.302. The minimum atomic E-state index is 0.450. The molecule has 4 rings (SSSR count). The predicted molar refractivity (Wildman–Crippen MR) is 93.8 cm³/mol. The Kier molecular flexibility index (Phi) is 3.61. The van der Waals surface area contributed by atoms with E-state index in [9.17, 15) is 0 Å². The van der Waals surface area contributed by atoms with E-state index >= 15 is 0 Å². The zero-order valence-corrected chi connectivity index (χ0v) is 13.1. The summed E-state index contributed by atoms with van der Waals surface area (Å²) in [7, 11) is 0. The molecule has 1 nitrogen and oxygen atoms in total. The smallest absolute Gasteiger partial charge is 0.0406 e. The van der Waals surface area contributed by atoms with Gasteiger partial charge >= 0.3 is 0 Å². The van der Waals surface area contributed by atoms with E-state index in [1.54, 1.807) is 0 Å². The standard InChI is InChI=1S/C20H18ClN/c21-17-8-6-16(7-9-17)19-11-13-22-12-10-18(20(19)14-22)15-4-2-1-3-5-15/h1-11,20H,12-14H2. The van der Waals surface area contributed by atoms with E-state index in [1.807, 2.05) is 12.1 Å². The topological polar surface area (TPSA) is 3.24 Å². The number of nitrogens with zero attached hydrogens (tertiary/aromatic N) is 1. The summed E-state index contributed by atoms with van der Waals surface area (Å²) in [6.45, 7) is 3.19. The molecule has 2 atom stereocenters. The van der Waals surface area contributed by atoms with Gasteiger partial charge in [0.15, 0.2) is 0 Å². The molecule has 110 valence electrons. The second-order valence-corrected chi connectivity index (χ2v) is 6.40. The Morgan fingerprint density at radius 2 is 1.36 bits per heavy atom. The van der Waals surface area contributed by atoms with Crippen molar-refractivity contribution < 1.29 is 0 Å². The second-order valence-electron chi connectivity index (χ2n) is 5.96. The first-order chi connectivity index (χ1) is 10.8. The number of fused-ring (bicyclic) bond motifs is 2. The van der Waals surface area contributed by atoms with Gasteiger partial charge in [0.2, 0.25) is 0 Å². The molecule has 0 amide bonds. The van der Waals surface area contributed by atoms with Crippen molar-refractivity contribution >= 4 is 22.7 Å². The summed E-state index contributed by atoms with van der Waals surface area (Å²) < 4.78 is 0. The van der Waals surface area contributed by atoms with Gasteiger partial charge in [-0.1, -0.05) is 66.2 Å². The third-order valence-corrected chi connectivity index (χ3v) is 4.87. The third-order valence-electron chi connectivity index (χ3n) is 4.62. The molecule has 22 heavy (non-hydrogen) atoms. The van der Waals surface area contributed by atoms with Gasteiger partial charge in [-0.05, 0) is 34.4 Å². The summed E-state index contributed by atoms with van der Waals surface area (Å²) >= 11 is 6.04. The molecule has 2 aromatic carbocycles. The van der Waals surface area contributed by atoms with E-state index in [4.69, 9.17) is 11.6 Å². The van der Waals surface area contributed by atoms with Crippen LogP contribution < -0.4 is 0 Å². The molecule has 2 unspecified atom stereocenters. The van der Waals surface area contributed by atoms with Crippen LogP contribution in [0.4, 0.5) is 0 Å². The first kappa shape index (κ1) is 13.8. The molecule has 0 radical (unpaired) electrons. The molecule has 0 aliphatic carbocycles. The molecule has 2 heterocycles. The minimum Gasteiger partial charge on any atom is -0.295 e. The van der Waals surface area contributed by atoms with Crippen LogP contribution in [-0.4, -0.2) is 24.5 Å². The Bertz CT molecular complexity index is 728. The second kappa shape index (κ2) is 5.75. The molecular formula is C20H18ClN. The van der Waals surface area contributed by atoms with Crippen molar-refractivity contribution in [1.29, 1.82) is 0 Å². The van der Waals surface area contributed by atoms with E-state index in [-0.39, 0.29) is 0 Å². The highest BCUT2D eigenvalue weighted by molar-refractivity contribution is 6.30. The number of hydrogen-bond donors (Lipinski definition) is 0. The summed E-state index contributed by atoms with van der Waals surface area (Å²) in [6.07, 6.45) is 4.78. The molecule has 2 aromatic rings. The van der Waals surface area contributed by atoms with E-state index < -0.39 is 0 Å². The zero-order valence-electron chi connectivity index (χ0n) is 12.4. The van der Waals surface area contributed by atoms with Crippen LogP contribution in [0, 0.1) is 5.92 Å². The van der Waals surface area contributed by atoms with Crippen LogP contribution in [0.2, 0.25) is 5.02 Å². The monoisotopic (exact) mass is 307 g/mol. The Labute approximate surface area is 136 Å². The van der Waals surface area contributed by atoms with Crippen LogP contribution in [0.1, 0.15) is 11.1 Å². The SMILES string of the molecule is Clc1ccc(C2=CCN3CC=C(c4ccccc4)C2C3)cc1. The highest BCUT2D eigenvalue weighted by Crippen LogP contribution is 2.40. The quantitative estimate of drug-likeness (QED) is 0.773. The number of rotatable bonds is 2. The van der Waals surface area contributed by atoms with Crippen LogP contribution in [0.5, 0.6) is 0 Å². The Hall–Kier alpha value is -1.83. The average molecular weight is 308 g/mol. The molecule has 0 saturated carbocycles. The number of benzene rings is 2. The third kappa shape index (κ3) is 2.51. The van der Waals surface area contributed by atoms with E-state index in [0.29, 0.717) is 5.92 Å². The molecule has 0 spiro atoms. The van der Waals surface area contributed by atoms with Crippen LogP contribution in [0.3, 0.4) is 0 Å². The van der Waals surface area contributed by atoms with Gasteiger partial charge in [-0.15, -0.1) is 0 Å². The van der Waals surface area contributed by atoms with Gasteiger partial charge in [-0.2, -0.15) is 0 Å². The van der Waals surface area contributed by atoms with Crippen molar-refractivity contribution in [2.75, 3.05) is 19.6 Å². The molecule has 2 heteroatoms. The maximum atomic E-state index is 6.04. The Morgan fingerprint density at radius 3 is 2.00 bits per heavy atom. The average Bonchev–Trinajstić information content (AvgIpc) is 2.57. The van der Waals surface area contributed by atoms with E-state index in [2.05, 4.69) is 59.5 Å². The van der Waals surface area contributed by atoms with Crippen molar-refractivity contribution in [1.82, 2.24) is 4.90 Å². The summed E-state index contributed by atoms with van der Waals surface area (Å²) in [5.41, 5.74) is 5.52. The zero-order chi connectivity index (χ0) is 14.9. The lowest BCUT2D eigenvalue weighted by Crippen LogP contribution is -2.38. The summed E-state index contributed by atoms with van der Waals surface area (Å²) in [5, 5.41) is 0.796. The van der Waals surface area contributed by atoms with Crippen molar-refractivity contribution in [3.63, 3.8) is 0 Å². The molecular weight excluding hydrogens is 290 g/mol. The van der Waals surface area contributed by atoms with Crippen molar-refractivity contribution in [2.24, 2.45) is 5.92 Å². The maximum Gasteiger partial charge on any atom is 0.0406 e. The fourth-order valence-electron chi connectivity index (χ4n) is 3.50. The van der Waals surface area contributed by atoms with Gasteiger partial charge in [0.1, 0.15) is 0 Å². The first-order valence-corrected chi connectivity index (χ1v) is 8.13. The van der Waals surface area contributed by atoms with Gasteiger partial charge in [0.05, 0.1) is 0 Å². The van der Waals surface area contributed by atoms with Gasteiger partial charge in [-0.3, -0.25) is 4.90 Å². The summed E-state index contributed by atoms with van der Waals surface area (Å²) in [4.78, 5) is 2.50. The molecule has 2 aliphatic heterocycles. The highest BCUT2D eigenvalue weighted by atomic mass is 35.5. The lowest BCUT2D eigenvalue weighted by atomic mass is 9.79. The van der Waals surface area contributed by atoms with Crippen LogP contribution in [0.25, 0.3) is 11.1 Å². The molecule has 2 bridgehead atoms. The summed E-state index contributed by atoms with van der Waals surface area (Å²) in [5.74, 6) is 0.450. The van der Waals surface area contributed by atoms with Gasteiger partial charge in [0, 0.05) is 30.6 Å². The van der Waals surface area contributed by atoms with Crippen LogP contribution >= 0.6 is 11.6 Å². The van der Waals surface area contributed by atoms with Crippen LogP contribution in [0.15, 0.2) is 66.7 Å². The van der Waals surface area contributed by atoms with Crippen molar-refractivity contribution in [3.05, 3.63) is 82.9 Å².